The van der Waals surface area contributed by atoms with Gasteiger partial charge in [0, 0.05) is 0 Å². The molecule has 0 aliphatic carbocycles. The number of benzene rings is 2. The molecule has 0 heterocycles. The Hall–Kier alpha value is -1.25. The van der Waals surface area contributed by atoms with Crippen LogP contribution in [-0.2, 0) is 0 Å². The van der Waals surface area contributed by atoms with Crippen LogP contribution in [-0.4, -0.2) is 20.8 Å². The first-order chi connectivity index (χ1) is 8.56. The number of hydrogen-bond donors (Lipinski definition) is 3. The van der Waals surface area contributed by atoms with Crippen molar-refractivity contribution in [3.05, 3.63) is 71.8 Å². The zero-order valence-corrected chi connectivity index (χ0v) is 10.7. The minimum absolute atomic E-state index is 0.0545. The summed E-state index contributed by atoms with van der Waals surface area (Å²) in [6, 6.07) is 19.1. The average Bonchev–Trinajstić information content (AvgIpc) is 2.37. The van der Waals surface area contributed by atoms with Crippen LogP contribution in [0.15, 0.2) is 60.7 Å². The van der Waals surface area contributed by atoms with Crippen LogP contribution in [0.25, 0.3) is 0 Å². The van der Waals surface area contributed by atoms with Crippen LogP contribution >= 0.6 is 7.94 Å². The number of rotatable bonds is 4. The van der Waals surface area contributed by atoms with Crippen LogP contribution in [0.4, 0.5) is 0 Å². The molecule has 0 unspecified atom stereocenters. The van der Waals surface area contributed by atoms with Gasteiger partial charge < -0.3 is 0 Å². The molecule has 18 heavy (non-hydrogen) atoms. The highest BCUT2D eigenvalue weighted by atomic mass is 31.2. The predicted molar refractivity (Wildman–Crippen MR) is 73.2 cm³/mol. The van der Waals surface area contributed by atoms with E-state index in [-0.39, 0.29) is 12.1 Å². The summed E-state index contributed by atoms with van der Waals surface area (Å²) >= 11 is 0. The van der Waals surface area contributed by atoms with Crippen molar-refractivity contribution in [2.75, 3.05) is 6.16 Å². The van der Waals surface area contributed by atoms with Crippen molar-refractivity contribution in [3.63, 3.8) is 0 Å². The molecule has 4 heteroatoms. The number of hydrogen-bond acceptors (Lipinski definition) is 3. The first-order valence-corrected chi connectivity index (χ1v) is 7.56. The normalized spacial score (nSPS) is 11.8. The molecule has 0 atom stereocenters. The highest BCUT2D eigenvalue weighted by Crippen LogP contribution is 2.49. The van der Waals surface area contributed by atoms with E-state index in [0.717, 1.165) is 11.1 Å². The highest BCUT2D eigenvalue weighted by molar-refractivity contribution is 7.58. The summed E-state index contributed by atoms with van der Waals surface area (Å²) < 4.78 is 0. The Labute approximate surface area is 107 Å². The first-order valence-electron chi connectivity index (χ1n) is 5.72. The van der Waals surface area contributed by atoms with Gasteiger partial charge in [0.15, 0.2) is 6.16 Å². The minimum Gasteiger partial charge on any atom is -0.193 e. The van der Waals surface area contributed by atoms with Gasteiger partial charge in [-0.3, -0.25) is 0 Å². The lowest BCUT2D eigenvalue weighted by Gasteiger charge is -2.17. The minimum atomic E-state index is -3.80. The maximum absolute atomic E-state index is 9.33. The Morgan fingerprint density at radius 3 is 1.44 bits per heavy atom. The van der Waals surface area contributed by atoms with Gasteiger partial charge in [0.1, 0.15) is 0 Å². The Balaban J connectivity index is 2.36. The molecule has 0 aliphatic heterocycles. The second-order valence-electron chi connectivity index (χ2n) is 4.25. The fourth-order valence-corrected chi connectivity index (χ4v) is 2.93. The van der Waals surface area contributed by atoms with E-state index in [2.05, 4.69) is 0 Å². The summed E-state index contributed by atoms with van der Waals surface area (Å²) in [5.74, 6) is -0.208. The standard InChI is InChI=1S/C14H16O3P/c15-18(16,17)11-14(12-7-3-1-4-8-12)13-9-5-2-6-10-13/h1-10,14-17H,11H2/q+1. The summed E-state index contributed by atoms with van der Waals surface area (Å²) in [4.78, 5) is 28.0. The second-order valence-corrected chi connectivity index (χ2v) is 6.00. The van der Waals surface area contributed by atoms with E-state index in [4.69, 9.17) is 0 Å². The zero-order chi connectivity index (χ0) is 13.0. The third-order valence-corrected chi connectivity index (χ3v) is 3.69. The van der Waals surface area contributed by atoms with Gasteiger partial charge in [-0.2, -0.15) is 14.7 Å². The molecule has 3 nitrogen and oxygen atoms in total. The van der Waals surface area contributed by atoms with Gasteiger partial charge in [-0.15, -0.1) is 0 Å². The van der Waals surface area contributed by atoms with Crippen molar-refractivity contribution in [2.45, 2.75) is 5.92 Å². The summed E-state index contributed by atoms with van der Waals surface area (Å²) in [6.45, 7) is 0. The molecule has 0 saturated heterocycles. The van der Waals surface area contributed by atoms with Crippen molar-refractivity contribution in [3.8, 4) is 0 Å². The second kappa shape index (κ2) is 5.59. The largest absolute Gasteiger partial charge is 0.404 e. The van der Waals surface area contributed by atoms with Gasteiger partial charge in [-0.25, -0.2) is 0 Å². The van der Waals surface area contributed by atoms with E-state index in [9.17, 15) is 14.7 Å². The van der Waals surface area contributed by atoms with Crippen LogP contribution < -0.4 is 0 Å². The van der Waals surface area contributed by atoms with Gasteiger partial charge in [-0.1, -0.05) is 60.7 Å². The molecule has 3 N–H and O–H groups in total. The molecule has 0 radical (unpaired) electrons. The van der Waals surface area contributed by atoms with Crippen molar-refractivity contribution >= 4 is 7.94 Å². The van der Waals surface area contributed by atoms with Crippen LogP contribution in [0, 0.1) is 0 Å². The molecule has 0 saturated carbocycles. The Bertz CT molecular complexity index is 440. The topological polar surface area (TPSA) is 60.7 Å². The van der Waals surface area contributed by atoms with E-state index < -0.39 is 7.94 Å². The summed E-state index contributed by atoms with van der Waals surface area (Å²) in [5, 5.41) is 0. The fraction of sp³-hybridized carbons (Fsp3) is 0.143. The molecule has 0 aromatic heterocycles. The summed E-state index contributed by atoms with van der Waals surface area (Å²) in [7, 11) is -3.80. The molecule has 0 bridgehead atoms. The molecule has 94 valence electrons. The van der Waals surface area contributed by atoms with Crippen LogP contribution in [0.2, 0.25) is 0 Å². The monoisotopic (exact) mass is 263 g/mol. The molecule has 2 aromatic carbocycles. The molecular weight excluding hydrogens is 247 g/mol. The fourth-order valence-electron chi connectivity index (χ4n) is 2.02. The molecule has 0 spiro atoms. The van der Waals surface area contributed by atoms with E-state index in [1.165, 1.54) is 0 Å². The predicted octanol–water partition coefficient (Wildman–Crippen LogP) is 2.56. The molecule has 2 aromatic rings. The first kappa shape index (κ1) is 13.2. The van der Waals surface area contributed by atoms with Crippen molar-refractivity contribution in [1.82, 2.24) is 0 Å². The Kier molecular flexibility index (Phi) is 4.10. The third kappa shape index (κ3) is 3.62. The molecule has 0 fully saturated rings. The highest BCUT2D eigenvalue weighted by Gasteiger charge is 2.35. The van der Waals surface area contributed by atoms with Gasteiger partial charge in [0.2, 0.25) is 0 Å². The SMILES string of the molecule is O[P+](O)(O)CC(c1ccccc1)c1ccccc1. The zero-order valence-electron chi connectivity index (χ0n) is 9.85. The van der Waals surface area contributed by atoms with Gasteiger partial charge >= 0.3 is 7.94 Å². The smallest absolute Gasteiger partial charge is 0.193 e. The van der Waals surface area contributed by atoms with Gasteiger partial charge in [-0.05, 0) is 11.1 Å². The Morgan fingerprint density at radius 2 is 1.11 bits per heavy atom. The van der Waals surface area contributed by atoms with E-state index in [1.54, 1.807) is 0 Å². The van der Waals surface area contributed by atoms with Gasteiger partial charge in [0.25, 0.3) is 0 Å². The average molecular weight is 263 g/mol. The van der Waals surface area contributed by atoms with E-state index >= 15 is 0 Å². The van der Waals surface area contributed by atoms with Gasteiger partial charge in [0.05, 0.1) is 5.92 Å². The van der Waals surface area contributed by atoms with Crippen molar-refractivity contribution in [1.29, 1.82) is 0 Å². The summed E-state index contributed by atoms with van der Waals surface area (Å²) in [5.41, 5.74) is 1.93. The van der Waals surface area contributed by atoms with E-state index in [0.29, 0.717) is 0 Å². The third-order valence-electron chi connectivity index (χ3n) is 2.83. The molecular formula is C14H16O3P+. The Morgan fingerprint density at radius 1 is 0.722 bits per heavy atom. The molecule has 0 aliphatic rings. The maximum Gasteiger partial charge on any atom is 0.404 e. The maximum atomic E-state index is 9.33. The van der Waals surface area contributed by atoms with Crippen LogP contribution in [0.1, 0.15) is 17.0 Å². The molecule has 0 amide bonds. The van der Waals surface area contributed by atoms with Crippen LogP contribution in [0.5, 0.6) is 0 Å². The quantitative estimate of drug-likeness (QED) is 0.743. The lowest BCUT2D eigenvalue weighted by Crippen LogP contribution is -2.09. The lowest BCUT2D eigenvalue weighted by molar-refractivity contribution is 0.328. The van der Waals surface area contributed by atoms with Crippen molar-refractivity contribution in [2.24, 2.45) is 0 Å². The molecule has 2 rings (SSSR count). The lowest BCUT2D eigenvalue weighted by atomic mass is 9.93. The van der Waals surface area contributed by atoms with E-state index in [1.807, 2.05) is 60.7 Å². The van der Waals surface area contributed by atoms with Crippen molar-refractivity contribution < 1.29 is 14.7 Å². The van der Waals surface area contributed by atoms with Crippen LogP contribution in [0.3, 0.4) is 0 Å². The summed E-state index contributed by atoms with van der Waals surface area (Å²) in [6.07, 6.45) is -0.0545.